The summed E-state index contributed by atoms with van der Waals surface area (Å²) in [6, 6.07) is 5.89. The summed E-state index contributed by atoms with van der Waals surface area (Å²) in [6.07, 6.45) is 2.31. The standard InChI is InChI=1S/C16H21N3O2S2/c1-4-5-9-22-16-19-18-15(23-16)17-13(20)10-21-14-11(2)7-6-8-12(14)3/h6-8H,4-5,9-10H2,1-3H3,(H,17,18,20). The van der Waals surface area contributed by atoms with E-state index in [0.717, 1.165) is 39.8 Å². The predicted octanol–water partition coefficient (Wildman–Crippen LogP) is 4.06. The van der Waals surface area contributed by atoms with Gasteiger partial charge < -0.3 is 4.74 Å². The molecule has 1 aromatic carbocycles. The van der Waals surface area contributed by atoms with Gasteiger partial charge in [0.05, 0.1) is 0 Å². The summed E-state index contributed by atoms with van der Waals surface area (Å²) >= 11 is 3.06. The molecule has 0 unspecified atom stereocenters. The van der Waals surface area contributed by atoms with Gasteiger partial charge in [-0.15, -0.1) is 10.2 Å². The van der Waals surface area contributed by atoms with Crippen LogP contribution in [0.5, 0.6) is 5.75 Å². The Balaban J connectivity index is 1.83. The second kappa shape index (κ2) is 8.88. The zero-order valence-corrected chi connectivity index (χ0v) is 15.2. The van der Waals surface area contributed by atoms with Gasteiger partial charge in [-0.25, -0.2) is 0 Å². The molecule has 0 saturated carbocycles. The number of nitrogens with one attached hydrogen (secondary N) is 1. The van der Waals surface area contributed by atoms with Gasteiger partial charge in [0.25, 0.3) is 5.91 Å². The van der Waals surface area contributed by atoms with Crippen LogP contribution in [0.2, 0.25) is 0 Å². The number of nitrogens with zero attached hydrogens (tertiary/aromatic N) is 2. The van der Waals surface area contributed by atoms with E-state index < -0.39 is 0 Å². The molecular formula is C16H21N3O2S2. The van der Waals surface area contributed by atoms with Gasteiger partial charge >= 0.3 is 0 Å². The van der Waals surface area contributed by atoms with Crippen LogP contribution in [0.15, 0.2) is 22.5 Å². The number of carbonyl (C=O) groups excluding carboxylic acids is 1. The fourth-order valence-electron chi connectivity index (χ4n) is 1.94. The number of aryl methyl sites for hydroxylation is 2. The Kier molecular flexibility index (Phi) is 6.85. The zero-order valence-electron chi connectivity index (χ0n) is 13.6. The van der Waals surface area contributed by atoms with Gasteiger partial charge in [0.1, 0.15) is 5.75 Å². The Morgan fingerprint density at radius 1 is 1.30 bits per heavy atom. The summed E-state index contributed by atoms with van der Waals surface area (Å²) in [4.78, 5) is 12.0. The lowest BCUT2D eigenvalue weighted by Gasteiger charge is -2.11. The minimum absolute atomic E-state index is 0.0381. The van der Waals surface area contributed by atoms with E-state index in [1.54, 1.807) is 11.8 Å². The predicted molar refractivity (Wildman–Crippen MR) is 95.6 cm³/mol. The summed E-state index contributed by atoms with van der Waals surface area (Å²) in [5.74, 6) is 1.55. The van der Waals surface area contributed by atoms with Crippen molar-refractivity contribution < 1.29 is 9.53 Å². The summed E-state index contributed by atoms with van der Waals surface area (Å²) in [5.41, 5.74) is 2.03. The molecule has 23 heavy (non-hydrogen) atoms. The topological polar surface area (TPSA) is 64.1 Å². The second-order valence-corrected chi connectivity index (χ2v) is 7.45. The van der Waals surface area contributed by atoms with Crippen molar-refractivity contribution in [1.82, 2.24) is 10.2 Å². The average Bonchev–Trinajstić information content (AvgIpc) is 2.94. The smallest absolute Gasteiger partial charge is 0.264 e. The first-order valence-corrected chi connectivity index (χ1v) is 9.35. The Labute approximate surface area is 144 Å². The Hall–Kier alpha value is -1.60. The molecule has 2 aromatic rings. The van der Waals surface area contributed by atoms with Crippen molar-refractivity contribution in [3.05, 3.63) is 29.3 Å². The number of thioether (sulfide) groups is 1. The largest absolute Gasteiger partial charge is 0.483 e. The van der Waals surface area contributed by atoms with Crippen molar-refractivity contribution >= 4 is 34.1 Å². The maximum absolute atomic E-state index is 12.0. The molecule has 0 bridgehead atoms. The summed E-state index contributed by atoms with van der Waals surface area (Å²) in [6.45, 7) is 6.04. The van der Waals surface area contributed by atoms with Crippen molar-refractivity contribution in [2.24, 2.45) is 0 Å². The lowest BCUT2D eigenvalue weighted by Crippen LogP contribution is -2.20. The SMILES string of the molecule is CCCCSc1nnc(NC(=O)COc2c(C)cccc2C)s1. The number of carbonyl (C=O) groups is 1. The molecule has 1 aromatic heterocycles. The third-order valence-electron chi connectivity index (χ3n) is 3.13. The van der Waals surface area contributed by atoms with Gasteiger partial charge in [-0.1, -0.05) is 54.6 Å². The quantitative estimate of drug-likeness (QED) is 0.441. The molecule has 124 valence electrons. The van der Waals surface area contributed by atoms with Gasteiger partial charge in [-0.2, -0.15) is 0 Å². The first-order valence-electron chi connectivity index (χ1n) is 7.55. The zero-order chi connectivity index (χ0) is 16.7. The number of ether oxygens (including phenoxy) is 1. The molecule has 5 nitrogen and oxygen atoms in total. The number of para-hydroxylation sites is 1. The molecule has 0 radical (unpaired) electrons. The Morgan fingerprint density at radius 3 is 2.74 bits per heavy atom. The minimum atomic E-state index is -0.228. The number of anilines is 1. The summed E-state index contributed by atoms with van der Waals surface area (Å²) in [5, 5.41) is 11.3. The molecule has 2 rings (SSSR count). The molecule has 0 spiro atoms. The van der Waals surface area contributed by atoms with Crippen LogP contribution in [0.3, 0.4) is 0 Å². The third kappa shape index (κ3) is 5.51. The molecule has 1 N–H and O–H groups in total. The van der Waals surface area contributed by atoms with Gasteiger partial charge in [0.15, 0.2) is 10.9 Å². The molecule has 0 atom stereocenters. The highest BCUT2D eigenvalue weighted by molar-refractivity contribution is 8.01. The van der Waals surface area contributed by atoms with E-state index in [9.17, 15) is 4.79 Å². The maximum Gasteiger partial charge on any atom is 0.264 e. The van der Waals surface area contributed by atoms with Crippen molar-refractivity contribution in [2.75, 3.05) is 17.7 Å². The van der Waals surface area contributed by atoms with Crippen molar-refractivity contribution in [3.63, 3.8) is 0 Å². The molecule has 0 aliphatic carbocycles. The Morgan fingerprint density at radius 2 is 2.04 bits per heavy atom. The average molecular weight is 351 g/mol. The van der Waals surface area contributed by atoms with E-state index in [0.29, 0.717) is 5.13 Å². The van der Waals surface area contributed by atoms with Crippen molar-refractivity contribution in [3.8, 4) is 5.75 Å². The van der Waals surface area contributed by atoms with E-state index in [1.165, 1.54) is 11.3 Å². The first-order chi connectivity index (χ1) is 11.1. The normalized spacial score (nSPS) is 10.6. The lowest BCUT2D eigenvalue weighted by molar-refractivity contribution is -0.118. The number of rotatable bonds is 8. The Bertz CT molecular complexity index is 638. The van der Waals surface area contributed by atoms with Gasteiger partial charge in [-0.05, 0) is 31.4 Å². The number of amides is 1. The number of unbranched alkanes of at least 4 members (excludes halogenated alkanes) is 1. The molecular weight excluding hydrogens is 330 g/mol. The number of aromatic nitrogens is 2. The number of benzene rings is 1. The van der Waals surface area contributed by atoms with Crippen LogP contribution in [0.1, 0.15) is 30.9 Å². The monoisotopic (exact) mass is 351 g/mol. The van der Waals surface area contributed by atoms with Crippen LogP contribution in [0.25, 0.3) is 0 Å². The van der Waals surface area contributed by atoms with Crippen LogP contribution in [-0.2, 0) is 4.79 Å². The second-order valence-electron chi connectivity index (χ2n) is 5.13. The minimum Gasteiger partial charge on any atom is -0.483 e. The first kappa shape index (κ1) is 17.7. The van der Waals surface area contributed by atoms with Crippen LogP contribution in [0.4, 0.5) is 5.13 Å². The van der Waals surface area contributed by atoms with Gasteiger partial charge in [0, 0.05) is 5.75 Å². The maximum atomic E-state index is 12.0. The molecule has 1 amide bonds. The highest BCUT2D eigenvalue weighted by Crippen LogP contribution is 2.26. The van der Waals surface area contributed by atoms with Crippen LogP contribution >= 0.6 is 23.1 Å². The van der Waals surface area contributed by atoms with Gasteiger partial charge in [0.2, 0.25) is 5.13 Å². The highest BCUT2D eigenvalue weighted by atomic mass is 32.2. The van der Waals surface area contributed by atoms with E-state index >= 15 is 0 Å². The van der Waals surface area contributed by atoms with Crippen LogP contribution in [0, 0.1) is 13.8 Å². The molecule has 0 fully saturated rings. The number of hydrogen-bond donors (Lipinski definition) is 1. The number of hydrogen-bond acceptors (Lipinski definition) is 6. The molecule has 0 aliphatic heterocycles. The van der Waals surface area contributed by atoms with E-state index in [1.807, 2.05) is 32.0 Å². The van der Waals surface area contributed by atoms with Crippen LogP contribution in [-0.4, -0.2) is 28.5 Å². The lowest BCUT2D eigenvalue weighted by atomic mass is 10.1. The highest BCUT2D eigenvalue weighted by Gasteiger charge is 2.11. The van der Waals surface area contributed by atoms with E-state index in [-0.39, 0.29) is 12.5 Å². The molecule has 0 saturated heterocycles. The van der Waals surface area contributed by atoms with Crippen molar-refractivity contribution in [2.45, 2.75) is 38.0 Å². The summed E-state index contributed by atoms with van der Waals surface area (Å²) < 4.78 is 6.51. The fourth-order valence-corrected chi connectivity index (χ4v) is 3.86. The summed E-state index contributed by atoms with van der Waals surface area (Å²) in [7, 11) is 0. The van der Waals surface area contributed by atoms with E-state index in [4.69, 9.17) is 4.74 Å². The molecule has 1 heterocycles. The molecule has 7 heteroatoms. The fraction of sp³-hybridized carbons (Fsp3) is 0.438. The van der Waals surface area contributed by atoms with Crippen LogP contribution < -0.4 is 10.1 Å². The van der Waals surface area contributed by atoms with E-state index in [2.05, 4.69) is 22.4 Å². The molecule has 0 aliphatic rings. The third-order valence-corrected chi connectivity index (χ3v) is 5.19. The van der Waals surface area contributed by atoms with Crippen molar-refractivity contribution in [1.29, 1.82) is 0 Å². The van der Waals surface area contributed by atoms with Gasteiger partial charge in [-0.3, -0.25) is 10.1 Å².